The first-order valence-corrected chi connectivity index (χ1v) is 7.51. The summed E-state index contributed by atoms with van der Waals surface area (Å²) in [4.78, 5) is 16.8. The maximum absolute atomic E-state index is 12.1. The lowest BCUT2D eigenvalue weighted by Gasteiger charge is -2.22. The summed E-state index contributed by atoms with van der Waals surface area (Å²) in [7, 11) is 1.73. The van der Waals surface area contributed by atoms with Crippen LogP contribution in [0.15, 0.2) is 16.0 Å². The monoisotopic (exact) mass is 269 g/mol. The number of carbonyl (C=O) groups excluding carboxylic acids is 1. The van der Waals surface area contributed by atoms with Gasteiger partial charge in [0.1, 0.15) is 6.10 Å². The van der Waals surface area contributed by atoms with Crippen LogP contribution in [0.25, 0.3) is 0 Å². The lowest BCUT2D eigenvalue weighted by atomic mass is 9.98. The van der Waals surface area contributed by atoms with E-state index in [1.165, 1.54) is 31.0 Å². The Balaban J connectivity index is 2.56. The third kappa shape index (κ3) is 5.25. The van der Waals surface area contributed by atoms with Crippen LogP contribution in [0, 0.1) is 0 Å². The van der Waals surface area contributed by atoms with Crippen molar-refractivity contribution in [3.63, 3.8) is 0 Å². The summed E-state index contributed by atoms with van der Waals surface area (Å²) in [6.45, 7) is 3.93. The van der Waals surface area contributed by atoms with Gasteiger partial charge in [-0.15, -0.1) is 0 Å². The number of thioether (sulfide) groups is 1. The first-order chi connectivity index (χ1) is 8.67. The minimum Gasteiger partial charge on any atom is -0.458 e. The van der Waals surface area contributed by atoms with Crippen LogP contribution >= 0.6 is 11.8 Å². The minimum atomic E-state index is -0.184. The highest BCUT2D eigenvalue weighted by atomic mass is 32.2. The van der Waals surface area contributed by atoms with Crippen molar-refractivity contribution in [2.45, 2.75) is 58.5 Å². The normalized spacial score (nSPS) is 18.8. The van der Waals surface area contributed by atoms with Crippen molar-refractivity contribution in [2.24, 2.45) is 4.99 Å². The topological polar surface area (TPSA) is 38.7 Å². The molecule has 0 aromatic heterocycles. The van der Waals surface area contributed by atoms with E-state index in [2.05, 4.69) is 4.99 Å². The Morgan fingerprint density at radius 2 is 2.06 bits per heavy atom. The van der Waals surface area contributed by atoms with Gasteiger partial charge in [0.25, 0.3) is 0 Å². The van der Waals surface area contributed by atoms with Crippen molar-refractivity contribution >= 4 is 22.8 Å². The molecule has 18 heavy (non-hydrogen) atoms. The molecule has 0 N–H and O–H groups in total. The van der Waals surface area contributed by atoms with Crippen molar-refractivity contribution < 1.29 is 9.53 Å². The second-order valence-corrected chi connectivity index (χ2v) is 5.72. The van der Waals surface area contributed by atoms with Gasteiger partial charge in [0.15, 0.2) is 0 Å². The van der Waals surface area contributed by atoms with Gasteiger partial charge in [0.2, 0.25) is 0 Å². The van der Waals surface area contributed by atoms with E-state index >= 15 is 0 Å². The highest BCUT2D eigenvalue weighted by Gasteiger charge is 2.20. The van der Waals surface area contributed by atoms with E-state index in [9.17, 15) is 4.79 Å². The van der Waals surface area contributed by atoms with Crippen molar-refractivity contribution in [1.82, 2.24) is 0 Å². The van der Waals surface area contributed by atoms with Gasteiger partial charge in [0.05, 0.1) is 9.95 Å². The second-order valence-electron chi connectivity index (χ2n) is 4.49. The van der Waals surface area contributed by atoms with Crippen molar-refractivity contribution in [1.29, 1.82) is 0 Å². The summed E-state index contributed by atoms with van der Waals surface area (Å²) in [5.41, 5.74) is 0. The van der Waals surface area contributed by atoms with E-state index in [-0.39, 0.29) is 12.1 Å². The number of hydrogen-bond donors (Lipinski definition) is 0. The molecule has 0 spiro atoms. The Morgan fingerprint density at radius 1 is 1.39 bits per heavy atom. The van der Waals surface area contributed by atoms with Gasteiger partial charge < -0.3 is 4.74 Å². The molecule has 1 fully saturated rings. The molecule has 0 radical (unpaired) electrons. The SMILES string of the molecule is CC/C=C(/SC(C)=NC)C(=O)OC1CCCCC1. The zero-order valence-electron chi connectivity index (χ0n) is 11.6. The summed E-state index contributed by atoms with van der Waals surface area (Å²) in [6.07, 6.45) is 8.51. The van der Waals surface area contributed by atoms with Gasteiger partial charge in [-0.05, 0) is 39.0 Å². The largest absolute Gasteiger partial charge is 0.458 e. The van der Waals surface area contributed by atoms with Crippen LogP contribution in [0.3, 0.4) is 0 Å². The molecular formula is C14H23NO2S. The second kappa shape index (κ2) is 8.35. The molecule has 3 nitrogen and oxygen atoms in total. The number of nitrogens with zero attached hydrogens (tertiary/aromatic N) is 1. The number of ether oxygens (including phenoxy) is 1. The molecule has 1 rings (SSSR count). The van der Waals surface area contributed by atoms with Crippen LogP contribution in [-0.4, -0.2) is 24.2 Å². The Labute approximate surface area is 114 Å². The fourth-order valence-corrected chi connectivity index (χ4v) is 2.74. The molecule has 0 amide bonds. The fraction of sp³-hybridized carbons (Fsp3) is 0.714. The van der Waals surface area contributed by atoms with E-state index in [1.54, 1.807) is 7.05 Å². The Kier molecular flexibility index (Phi) is 7.09. The van der Waals surface area contributed by atoms with E-state index in [1.807, 2.05) is 19.9 Å². The van der Waals surface area contributed by atoms with Crippen LogP contribution in [-0.2, 0) is 9.53 Å². The molecule has 1 aliphatic carbocycles. The van der Waals surface area contributed by atoms with E-state index in [0.29, 0.717) is 4.91 Å². The standard InChI is InChI=1S/C14H23NO2S/c1-4-8-13(18-11(2)15-3)14(16)17-12-9-6-5-7-10-12/h8,12H,4-7,9-10H2,1-3H3/b13-8+,15-11?. The molecular weight excluding hydrogens is 246 g/mol. The van der Waals surface area contributed by atoms with E-state index in [4.69, 9.17) is 4.74 Å². The lowest BCUT2D eigenvalue weighted by molar-refractivity contribution is -0.144. The van der Waals surface area contributed by atoms with E-state index < -0.39 is 0 Å². The number of rotatable bonds is 4. The summed E-state index contributed by atoms with van der Waals surface area (Å²) < 4.78 is 5.57. The molecule has 0 bridgehead atoms. The fourth-order valence-electron chi connectivity index (χ4n) is 1.95. The minimum absolute atomic E-state index is 0.117. The maximum Gasteiger partial charge on any atom is 0.344 e. The third-order valence-corrected chi connectivity index (χ3v) is 4.02. The molecule has 0 unspecified atom stereocenters. The number of carbonyl (C=O) groups is 1. The number of esters is 1. The highest BCUT2D eigenvalue weighted by molar-refractivity contribution is 8.17. The predicted molar refractivity (Wildman–Crippen MR) is 78.0 cm³/mol. The van der Waals surface area contributed by atoms with Crippen molar-refractivity contribution in [3.8, 4) is 0 Å². The van der Waals surface area contributed by atoms with Crippen molar-refractivity contribution in [3.05, 3.63) is 11.0 Å². The molecule has 1 aliphatic rings. The van der Waals surface area contributed by atoms with Crippen LogP contribution in [0.1, 0.15) is 52.4 Å². The van der Waals surface area contributed by atoms with Gasteiger partial charge in [-0.2, -0.15) is 0 Å². The van der Waals surface area contributed by atoms with Gasteiger partial charge in [-0.25, -0.2) is 4.79 Å². The molecule has 0 heterocycles. The first kappa shape index (κ1) is 15.3. The first-order valence-electron chi connectivity index (χ1n) is 6.69. The van der Waals surface area contributed by atoms with Gasteiger partial charge in [-0.1, -0.05) is 31.2 Å². The summed E-state index contributed by atoms with van der Waals surface area (Å²) in [5.74, 6) is -0.184. The number of allylic oxidation sites excluding steroid dienone is 1. The molecule has 0 aromatic carbocycles. The quantitative estimate of drug-likeness (QED) is 0.336. The average molecular weight is 269 g/mol. The molecule has 0 atom stereocenters. The van der Waals surface area contributed by atoms with Crippen LogP contribution in [0.4, 0.5) is 0 Å². The van der Waals surface area contributed by atoms with Gasteiger partial charge >= 0.3 is 5.97 Å². The van der Waals surface area contributed by atoms with Crippen LogP contribution < -0.4 is 0 Å². The smallest absolute Gasteiger partial charge is 0.344 e. The van der Waals surface area contributed by atoms with Crippen molar-refractivity contribution in [2.75, 3.05) is 7.05 Å². The predicted octanol–water partition coefficient (Wildman–Crippen LogP) is 3.94. The third-order valence-electron chi connectivity index (χ3n) is 2.99. The Hall–Kier alpha value is -0.770. The zero-order chi connectivity index (χ0) is 13.4. The Bertz CT molecular complexity index is 331. The molecule has 0 aromatic rings. The number of hydrogen-bond acceptors (Lipinski definition) is 4. The summed E-state index contributed by atoms with van der Waals surface area (Å²) >= 11 is 1.40. The highest BCUT2D eigenvalue weighted by Crippen LogP contribution is 2.25. The molecule has 102 valence electrons. The molecule has 0 saturated heterocycles. The van der Waals surface area contributed by atoms with Crippen LogP contribution in [0.5, 0.6) is 0 Å². The average Bonchev–Trinajstić information content (AvgIpc) is 2.39. The Morgan fingerprint density at radius 3 is 2.61 bits per heavy atom. The lowest BCUT2D eigenvalue weighted by Crippen LogP contribution is -2.21. The molecule has 1 saturated carbocycles. The maximum atomic E-state index is 12.1. The summed E-state index contributed by atoms with van der Waals surface area (Å²) in [6, 6.07) is 0. The molecule has 0 aliphatic heterocycles. The van der Waals surface area contributed by atoms with Gasteiger partial charge in [0, 0.05) is 7.05 Å². The molecule has 4 heteroatoms. The van der Waals surface area contributed by atoms with Crippen LogP contribution in [0.2, 0.25) is 0 Å². The van der Waals surface area contributed by atoms with Gasteiger partial charge in [-0.3, -0.25) is 4.99 Å². The van der Waals surface area contributed by atoms with E-state index in [0.717, 1.165) is 24.3 Å². The zero-order valence-corrected chi connectivity index (χ0v) is 12.4. The summed E-state index contributed by atoms with van der Waals surface area (Å²) in [5, 5.41) is 0.885. The number of aliphatic imine (C=N–C) groups is 1.